The lowest BCUT2D eigenvalue weighted by atomic mass is 10.1. The van der Waals surface area contributed by atoms with E-state index in [-0.39, 0.29) is 28.3 Å². The van der Waals surface area contributed by atoms with Gasteiger partial charge in [0.15, 0.2) is 0 Å². The normalized spacial score (nSPS) is 12.4. The number of nitrogens with zero attached hydrogens (tertiary/aromatic N) is 2. The summed E-state index contributed by atoms with van der Waals surface area (Å²) in [6.07, 6.45) is 0.912. The van der Waals surface area contributed by atoms with Crippen LogP contribution in [0.3, 0.4) is 0 Å². The molecule has 2 aromatic carbocycles. The molecule has 0 aliphatic heterocycles. The first kappa shape index (κ1) is 28.2. The molecule has 2 rings (SSSR count). The molecule has 2 amide bonds. The summed E-state index contributed by atoms with van der Waals surface area (Å²) in [6.45, 7) is 4.41. The fraction of sp³-hybridized carbons (Fsp3) is 0.364. The molecule has 0 aliphatic carbocycles. The number of rotatable bonds is 9. The summed E-state index contributed by atoms with van der Waals surface area (Å²) in [4.78, 5) is 27.3. The number of hydrogen-bond donors (Lipinski definition) is 1. The molecule has 1 atom stereocenters. The summed E-state index contributed by atoms with van der Waals surface area (Å²) in [5.74, 6) is -1.81. The van der Waals surface area contributed by atoms with E-state index < -0.39 is 40.2 Å². The van der Waals surface area contributed by atoms with Gasteiger partial charge < -0.3 is 10.2 Å². The molecule has 7 nitrogen and oxygen atoms in total. The van der Waals surface area contributed by atoms with Gasteiger partial charge in [-0.25, -0.2) is 12.8 Å². The van der Waals surface area contributed by atoms with Crippen LogP contribution < -0.4 is 9.62 Å². The molecular formula is C22H25Cl3FN3O4S. The quantitative estimate of drug-likeness (QED) is 0.496. The predicted molar refractivity (Wildman–Crippen MR) is 133 cm³/mol. The third kappa shape index (κ3) is 7.46. The maximum atomic E-state index is 13.6. The van der Waals surface area contributed by atoms with Crippen LogP contribution in [0.2, 0.25) is 15.1 Å². The fourth-order valence-corrected chi connectivity index (χ4v) is 4.41. The number of amides is 2. The lowest BCUT2D eigenvalue weighted by Gasteiger charge is -2.32. The lowest BCUT2D eigenvalue weighted by Crippen LogP contribution is -2.52. The van der Waals surface area contributed by atoms with Crippen LogP contribution in [-0.2, 0) is 26.2 Å². The number of carbonyl (C=O) groups excluding carboxylic acids is 2. The fourth-order valence-electron chi connectivity index (χ4n) is 3.08. The smallest absolute Gasteiger partial charge is 0.244 e. The zero-order chi connectivity index (χ0) is 25.8. The Kier molecular flexibility index (Phi) is 9.59. The molecule has 0 fully saturated rings. The SMILES string of the molecule is CC(C)NC(=O)C(C)N(Cc1ccc(Cl)c(Cl)c1)C(=O)CN(c1ccc(F)c(Cl)c1)S(C)(=O)=O. The third-order valence-corrected chi connectivity index (χ3v) is 6.97. The number of sulfonamides is 1. The first-order chi connectivity index (χ1) is 15.7. The number of carbonyl (C=O) groups is 2. The van der Waals surface area contributed by atoms with E-state index >= 15 is 0 Å². The highest BCUT2D eigenvalue weighted by Crippen LogP contribution is 2.26. The number of hydrogen-bond acceptors (Lipinski definition) is 4. The van der Waals surface area contributed by atoms with E-state index in [1.54, 1.807) is 32.0 Å². The van der Waals surface area contributed by atoms with Gasteiger partial charge in [-0.05, 0) is 56.7 Å². The first-order valence-electron chi connectivity index (χ1n) is 10.2. The number of benzene rings is 2. The first-order valence-corrected chi connectivity index (χ1v) is 13.2. The van der Waals surface area contributed by atoms with E-state index in [0.29, 0.717) is 10.6 Å². The van der Waals surface area contributed by atoms with Gasteiger partial charge in [0.25, 0.3) is 0 Å². The van der Waals surface area contributed by atoms with Crippen molar-refractivity contribution in [2.24, 2.45) is 0 Å². The molecule has 2 aromatic rings. The van der Waals surface area contributed by atoms with E-state index in [0.717, 1.165) is 22.7 Å². The number of nitrogens with one attached hydrogen (secondary N) is 1. The predicted octanol–water partition coefficient (Wildman–Crippen LogP) is 4.49. The van der Waals surface area contributed by atoms with Crippen LogP contribution in [0.25, 0.3) is 0 Å². The van der Waals surface area contributed by atoms with E-state index in [1.807, 2.05) is 0 Å². The Morgan fingerprint density at radius 2 is 1.65 bits per heavy atom. The highest BCUT2D eigenvalue weighted by atomic mass is 35.5. The summed E-state index contributed by atoms with van der Waals surface area (Å²) in [7, 11) is -3.96. The summed E-state index contributed by atoms with van der Waals surface area (Å²) in [5.41, 5.74) is 0.596. The minimum Gasteiger partial charge on any atom is -0.352 e. The van der Waals surface area contributed by atoms with Crippen LogP contribution in [0.15, 0.2) is 36.4 Å². The van der Waals surface area contributed by atoms with Crippen LogP contribution in [0, 0.1) is 5.82 Å². The Bertz CT molecular complexity index is 1180. The van der Waals surface area contributed by atoms with Crippen molar-refractivity contribution >= 4 is 62.3 Å². The summed E-state index contributed by atoms with van der Waals surface area (Å²) in [5, 5.41) is 3.04. The Balaban J connectivity index is 2.43. The molecule has 1 N–H and O–H groups in total. The molecule has 0 spiro atoms. The van der Waals surface area contributed by atoms with E-state index in [4.69, 9.17) is 34.8 Å². The Morgan fingerprint density at radius 1 is 1.00 bits per heavy atom. The minimum absolute atomic E-state index is 0.0102. The van der Waals surface area contributed by atoms with Gasteiger partial charge in [0.1, 0.15) is 18.4 Å². The van der Waals surface area contributed by atoms with E-state index in [2.05, 4.69) is 5.32 Å². The second kappa shape index (κ2) is 11.6. The summed E-state index contributed by atoms with van der Waals surface area (Å²) < 4.78 is 39.4. The second-order valence-corrected chi connectivity index (χ2v) is 11.1. The molecule has 12 heteroatoms. The molecular weight excluding hydrogens is 528 g/mol. The van der Waals surface area contributed by atoms with Gasteiger partial charge in [-0.15, -0.1) is 0 Å². The number of anilines is 1. The molecule has 0 radical (unpaired) electrons. The third-order valence-electron chi connectivity index (χ3n) is 4.81. The van der Waals surface area contributed by atoms with E-state index in [1.165, 1.54) is 17.9 Å². The van der Waals surface area contributed by atoms with Crippen molar-refractivity contribution in [2.45, 2.75) is 39.4 Å². The van der Waals surface area contributed by atoms with Crippen molar-refractivity contribution in [1.29, 1.82) is 0 Å². The molecule has 0 heterocycles. The average molecular weight is 553 g/mol. The Morgan fingerprint density at radius 3 is 2.18 bits per heavy atom. The van der Waals surface area contributed by atoms with Crippen molar-refractivity contribution in [3.05, 3.63) is 62.8 Å². The van der Waals surface area contributed by atoms with E-state index in [9.17, 15) is 22.4 Å². The topological polar surface area (TPSA) is 86.8 Å². The summed E-state index contributed by atoms with van der Waals surface area (Å²) >= 11 is 17.9. The monoisotopic (exact) mass is 551 g/mol. The van der Waals surface area contributed by atoms with Crippen molar-refractivity contribution < 1.29 is 22.4 Å². The van der Waals surface area contributed by atoms with Crippen LogP contribution in [-0.4, -0.2) is 50.0 Å². The van der Waals surface area contributed by atoms with Crippen LogP contribution >= 0.6 is 34.8 Å². The molecule has 1 unspecified atom stereocenters. The summed E-state index contributed by atoms with van der Waals surface area (Å²) in [6, 6.07) is 6.97. The highest BCUT2D eigenvalue weighted by molar-refractivity contribution is 7.92. The maximum absolute atomic E-state index is 13.6. The Labute approximate surface area is 213 Å². The minimum atomic E-state index is -3.96. The molecule has 186 valence electrons. The number of halogens is 4. The van der Waals surface area contributed by atoms with Gasteiger partial charge in [0.05, 0.1) is 27.0 Å². The average Bonchev–Trinajstić information content (AvgIpc) is 2.72. The Hall–Kier alpha value is -2.07. The molecule has 0 aromatic heterocycles. The standard InChI is InChI=1S/C22H25Cl3FN3O4S/c1-13(2)27-22(31)14(3)28(11-15-5-7-17(23)18(24)9-15)21(30)12-29(34(4,32)33)16-6-8-20(26)19(25)10-16/h5-10,13-14H,11-12H2,1-4H3,(H,27,31). The van der Waals surface area contributed by atoms with Crippen LogP contribution in [0.4, 0.5) is 10.1 Å². The molecule has 34 heavy (non-hydrogen) atoms. The molecule has 0 bridgehead atoms. The molecule has 0 saturated heterocycles. The van der Waals surface area contributed by atoms with Crippen molar-refractivity contribution in [3.63, 3.8) is 0 Å². The maximum Gasteiger partial charge on any atom is 0.244 e. The van der Waals surface area contributed by atoms with Crippen LogP contribution in [0.1, 0.15) is 26.3 Å². The van der Waals surface area contributed by atoms with Crippen LogP contribution in [0.5, 0.6) is 0 Å². The van der Waals surface area contributed by atoms with Gasteiger partial charge in [0.2, 0.25) is 21.8 Å². The van der Waals surface area contributed by atoms with Gasteiger partial charge in [-0.1, -0.05) is 40.9 Å². The van der Waals surface area contributed by atoms with Crippen molar-refractivity contribution in [2.75, 3.05) is 17.1 Å². The largest absolute Gasteiger partial charge is 0.352 e. The molecule has 0 saturated carbocycles. The second-order valence-electron chi connectivity index (χ2n) is 7.98. The van der Waals surface area contributed by atoms with Gasteiger partial charge in [-0.2, -0.15) is 0 Å². The zero-order valence-electron chi connectivity index (χ0n) is 19.0. The van der Waals surface area contributed by atoms with Gasteiger partial charge in [0, 0.05) is 12.6 Å². The lowest BCUT2D eigenvalue weighted by molar-refractivity contribution is -0.139. The molecule has 0 aliphatic rings. The zero-order valence-corrected chi connectivity index (χ0v) is 22.1. The van der Waals surface area contributed by atoms with Gasteiger partial charge in [-0.3, -0.25) is 13.9 Å². The van der Waals surface area contributed by atoms with Gasteiger partial charge >= 0.3 is 0 Å². The van der Waals surface area contributed by atoms with Crippen molar-refractivity contribution in [1.82, 2.24) is 10.2 Å². The van der Waals surface area contributed by atoms with Crippen molar-refractivity contribution in [3.8, 4) is 0 Å². The highest BCUT2D eigenvalue weighted by Gasteiger charge is 2.30.